The van der Waals surface area contributed by atoms with Crippen LogP contribution >= 0.6 is 0 Å². The van der Waals surface area contributed by atoms with Crippen LogP contribution in [0.15, 0.2) is 41.5 Å². The molecule has 4 rings (SSSR count). The second-order valence-corrected chi connectivity index (χ2v) is 7.56. The third-order valence-corrected chi connectivity index (χ3v) is 5.30. The van der Waals surface area contributed by atoms with Crippen LogP contribution in [0.2, 0.25) is 0 Å². The Kier molecular flexibility index (Phi) is 6.29. The first kappa shape index (κ1) is 22.3. The third-order valence-electron chi connectivity index (χ3n) is 5.30. The van der Waals surface area contributed by atoms with E-state index < -0.39 is 19.1 Å². The van der Waals surface area contributed by atoms with E-state index in [0.29, 0.717) is 34.0 Å². The molecule has 4 heterocycles. The Hall–Kier alpha value is -3.89. The molecule has 1 atom stereocenters. The molecule has 0 fully saturated rings. The summed E-state index contributed by atoms with van der Waals surface area (Å²) in [5, 5.41) is 2.73. The standard InChI is InChI=1S/C22H21F2N5O4/c1-12-5-17(27-8-18(12)32-10-19(23)24)13(2)29-9-16-15(22(29)31)3-4-26-21(16)28-20(30)6-14-7-25-11-33-14/h3-5,7-8,11,13,19H,6,9-10H2,1-2H3,(H,26,28,30). The summed E-state index contributed by atoms with van der Waals surface area (Å²) in [4.78, 5) is 39.3. The number of fused-ring (bicyclic) bond motifs is 1. The van der Waals surface area contributed by atoms with Crippen molar-refractivity contribution >= 4 is 17.6 Å². The van der Waals surface area contributed by atoms with Crippen LogP contribution in [0.3, 0.4) is 0 Å². The number of aryl methyl sites for hydroxylation is 1. The molecule has 0 aliphatic carbocycles. The number of amides is 2. The molecule has 9 nitrogen and oxygen atoms in total. The fraction of sp³-hybridized carbons (Fsp3) is 0.318. The van der Waals surface area contributed by atoms with Crippen LogP contribution in [0.1, 0.15) is 45.9 Å². The predicted molar refractivity (Wildman–Crippen MR) is 112 cm³/mol. The molecule has 1 aliphatic rings. The molecule has 1 unspecified atom stereocenters. The molecular weight excluding hydrogens is 436 g/mol. The van der Waals surface area contributed by atoms with Gasteiger partial charge in [0.15, 0.2) is 6.39 Å². The van der Waals surface area contributed by atoms with Crippen molar-refractivity contribution in [2.75, 3.05) is 11.9 Å². The van der Waals surface area contributed by atoms with Crippen molar-refractivity contribution in [3.05, 3.63) is 65.3 Å². The molecule has 0 saturated carbocycles. The maximum atomic E-state index is 13.1. The normalized spacial score (nSPS) is 13.8. The van der Waals surface area contributed by atoms with Gasteiger partial charge in [-0.3, -0.25) is 14.6 Å². The lowest BCUT2D eigenvalue weighted by Gasteiger charge is -2.24. The largest absolute Gasteiger partial charge is 0.486 e. The Morgan fingerprint density at radius 1 is 1.33 bits per heavy atom. The van der Waals surface area contributed by atoms with E-state index in [1.807, 2.05) is 6.92 Å². The highest BCUT2D eigenvalue weighted by Crippen LogP contribution is 2.34. The van der Waals surface area contributed by atoms with Crippen LogP contribution in [0.4, 0.5) is 14.6 Å². The van der Waals surface area contributed by atoms with Gasteiger partial charge in [0.05, 0.1) is 37.1 Å². The average molecular weight is 457 g/mol. The minimum Gasteiger partial charge on any atom is -0.486 e. The molecular formula is C22H21F2N5O4. The second-order valence-electron chi connectivity index (χ2n) is 7.56. The smallest absolute Gasteiger partial charge is 0.272 e. The Morgan fingerprint density at radius 2 is 2.15 bits per heavy atom. The minimum atomic E-state index is -2.58. The van der Waals surface area contributed by atoms with Gasteiger partial charge in [0.2, 0.25) is 5.91 Å². The second kappa shape index (κ2) is 9.31. The zero-order chi connectivity index (χ0) is 23.5. The number of ether oxygens (including phenoxy) is 1. The van der Waals surface area contributed by atoms with E-state index in [1.54, 1.807) is 24.0 Å². The molecule has 0 aromatic carbocycles. The number of rotatable bonds is 8. The van der Waals surface area contributed by atoms with Gasteiger partial charge in [0.1, 0.15) is 23.9 Å². The van der Waals surface area contributed by atoms with E-state index in [9.17, 15) is 18.4 Å². The molecule has 0 radical (unpaired) electrons. The summed E-state index contributed by atoms with van der Waals surface area (Å²) in [5.41, 5.74) is 2.27. The van der Waals surface area contributed by atoms with Crippen molar-refractivity contribution in [3.63, 3.8) is 0 Å². The lowest BCUT2D eigenvalue weighted by molar-refractivity contribution is -0.115. The number of hydrogen-bond donors (Lipinski definition) is 1. The molecule has 11 heteroatoms. The van der Waals surface area contributed by atoms with Crippen LogP contribution in [0.5, 0.6) is 5.75 Å². The zero-order valence-electron chi connectivity index (χ0n) is 17.9. The van der Waals surface area contributed by atoms with E-state index in [2.05, 4.69) is 20.3 Å². The Bertz CT molecular complexity index is 1170. The molecule has 0 saturated heterocycles. The van der Waals surface area contributed by atoms with Crippen LogP contribution in [-0.2, 0) is 17.8 Å². The number of anilines is 1. The predicted octanol–water partition coefficient (Wildman–Crippen LogP) is 3.32. The van der Waals surface area contributed by atoms with Gasteiger partial charge in [0.25, 0.3) is 12.3 Å². The molecule has 3 aromatic heterocycles. The van der Waals surface area contributed by atoms with Crippen molar-refractivity contribution in [3.8, 4) is 5.75 Å². The topological polar surface area (TPSA) is 110 Å². The first-order valence-electron chi connectivity index (χ1n) is 10.2. The Balaban J connectivity index is 1.49. The molecule has 3 aromatic rings. The highest BCUT2D eigenvalue weighted by molar-refractivity contribution is 6.01. The van der Waals surface area contributed by atoms with Crippen LogP contribution in [-0.4, -0.2) is 44.7 Å². The number of pyridine rings is 2. The molecule has 33 heavy (non-hydrogen) atoms. The van der Waals surface area contributed by atoms with Crippen molar-refractivity contribution in [2.45, 2.75) is 39.3 Å². The van der Waals surface area contributed by atoms with Gasteiger partial charge in [-0.15, -0.1) is 0 Å². The van der Waals surface area contributed by atoms with Crippen LogP contribution in [0, 0.1) is 6.92 Å². The molecule has 1 aliphatic heterocycles. The molecule has 2 amide bonds. The number of nitrogens with zero attached hydrogens (tertiary/aromatic N) is 4. The Morgan fingerprint density at radius 3 is 2.85 bits per heavy atom. The number of carbonyl (C=O) groups is 2. The first-order valence-corrected chi connectivity index (χ1v) is 10.2. The zero-order valence-corrected chi connectivity index (χ0v) is 17.9. The number of oxazole rings is 1. The first-order chi connectivity index (χ1) is 15.8. The summed E-state index contributed by atoms with van der Waals surface area (Å²) in [6.07, 6.45) is 2.95. The van der Waals surface area contributed by atoms with Gasteiger partial charge in [-0.2, -0.15) is 0 Å². The van der Waals surface area contributed by atoms with Crippen LogP contribution in [0.25, 0.3) is 0 Å². The summed E-state index contributed by atoms with van der Waals surface area (Å²) >= 11 is 0. The SMILES string of the molecule is Cc1cc(C(C)N2Cc3c(ccnc3NC(=O)Cc3cnco3)C2=O)ncc1OCC(F)F. The van der Waals surface area contributed by atoms with E-state index >= 15 is 0 Å². The van der Waals surface area contributed by atoms with Gasteiger partial charge < -0.3 is 19.4 Å². The highest BCUT2D eigenvalue weighted by Gasteiger charge is 2.34. The summed E-state index contributed by atoms with van der Waals surface area (Å²) in [5.74, 6) is 0.420. The maximum Gasteiger partial charge on any atom is 0.272 e. The molecule has 0 spiro atoms. The quantitative estimate of drug-likeness (QED) is 0.552. The summed E-state index contributed by atoms with van der Waals surface area (Å²) in [6.45, 7) is 3.06. The third kappa shape index (κ3) is 4.81. The van der Waals surface area contributed by atoms with E-state index in [-0.39, 0.29) is 30.5 Å². The maximum absolute atomic E-state index is 13.1. The summed E-state index contributed by atoms with van der Waals surface area (Å²) < 4.78 is 35.0. The molecule has 0 bridgehead atoms. The summed E-state index contributed by atoms with van der Waals surface area (Å²) in [6, 6.07) is 2.90. The summed E-state index contributed by atoms with van der Waals surface area (Å²) in [7, 11) is 0. The van der Waals surface area contributed by atoms with Gasteiger partial charge >= 0.3 is 0 Å². The van der Waals surface area contributed by atoms with E-state index in [1.165, 1.54) is 25.0 Å². The number of carbonyl (C=O) groups excluding carboxylic acids is 2. The lowest BCUT2D eigenvalue weighted by atomic mass is 10.1. The number of hydrogen-bond acceptors (Lipinski definition) is 7. The van der Waals surface area contributed by atoms with E-state index in [4.69, 9.17) is 9.15 Å². The number of halogens is 2. The lowest BCUT2D eigenvalue weighted by Crippen LogP contribution is -2.28. The van der Waals surface area contributed by atoms with Crippen LogP contribution < -0.4 is 10.1 Å². The van der Waals surface area contributed by atoms with Gasteiger partial charge in [-0.05, 0) is 31.5 Å². The molecule has 172 valence electrons. The van der Waals surface area contributed by atoms with Crippen molar-refractivity contribution in [1.29, 1.82) is 0 Å². The number of alkyl halides is 2. The van der Waals surface area contributed by atoms with E-state index in [0.717, 1.165) is 0 Å². The van der Waals surface area contributed by atoms with Gasteiger partial charge in [-0.25, -0.2) is 18.7 Å². The monoisotopic (exact) mass is 457 g/mol. The van der Waals surface area contributed by atoms with Gasteiger partial charge in [-0.1, -0.05) is 0 Å². The minimum absolute atomic E-state index is 0.0113. The fourth-order valence-electron chi connectivity index (χ4n) is 3.59. The van der Waals surface area contributed by atoms with Gasteiger partial charge in [0, 0.05) is 17.3 Å². The fourth-order valence-corrected chi connectivity index (χ4v) is 3.59. The number of aromatic nitrogens is 3. The van der Waals surface area contributed by atoms with Crippen molar-refractivity contribution < 1.29 is 27.5 Å². The highest BCUT2D eigenvalue weighted by atomic mass is 19.3. The molecule has 1 N–H and O–H groups in total. The Labute approximate surface area is 187 Å². The average Bonchev–Trinajstić information content (AvgIpc) is 3.40. The van der Waals surface area contributed by atoms with Crippen molar-refractivity contribution in [1.82, 2.24) is 19.9 Å². The number of nitrogens with one attached hydrogen (secondary N) is 1. The van der Waals surface area contributed by atoms with Crippen molar-refractivity contribution in [2.24, 2.45) is 0 Å².